The molecule has 0 fully saturated rings. The Morgan fingerprint density at radius 3 is 2.70 bits per heavy atom. The van der Waals surface area contributed by atoms with Crippen LogP contribution in [0, 0.1) is 6.92 Å². The number of nitrogens with zero attached hydrogens (tertiary/aromatic N) is 4. The molecule has 6 N–H and O–H groups in total. The molecule has 0 radical (unpaired) electrons. The zero-order valence-corrected chi connectivity index (χ0v) is 13.2. The van der Waals surface area contributed by atoms with Gasteiger partial charge in [0.15, 0.2) is 5.96 Å². The minimum Gasteiger partial charge on any atom is -0.370 e. The third kappa shape index (κ3) is 3.27. The number of aryl methyl sites for hydroxylation is 1. The van der Waals surface area contributed by atoms with Gasteiger partial charge in [0.05, 0.1) is 5.69 Å². The number of aromatic nitrogens is 2. The summed E-state index contributed by atoms with van der Waals surface area (Å²) in [5.74, 6) is -0.104. The van der Waals surface area contributed by atoms with Crippen molar-refractivity contribution in [3.8, 4) is 10.6 Å². The second-order valence-electron chi connectivity index (χ2n) is 4.85. The standard InChI is InChI=1S/C15H15N7S/c1-8-7-9(4-5-10(8)21-15(18)22-14(16)17)12-20-11-3-2-6-19-13(11)23-12/h2-7H,1H3,(H6,16,17,18,21,22). The van der Waals surface area contributed by atoms with Gasteiger partial charge in [-0.05, 0) is 42.8 Å². The van der Waals surface area contributed by atoms with E-state index in [1.54, 1.807) is 17.5 Å². The van der Waals surface area contributed by atoms with Crippen LogP contribution in [-0.4, -0.2) is 21.9 Å². The van der Waals surface area contributed by atoms with Gasteiger partial charge in [0.25, 0.3) is 0 Å². The van der Waals surface area contributed by atoms with Gasteiger partial charge in [-0.1, -0.05) is 11.3 Å². The number of aliphatic imine (C=N–C) groups is 2. The Bertz CT molecular complexity index is 889. The lowest BCUT2D eigenvalue weighted by Crippen LogP contribution is -2.26. The second-order valence-corrected chi connectivity index (χ2v) is 5.83. The molecule has 23 heavy (non-hydrogen) atoms. The molecule has 1 aromatic carbocycles. The van der Waals surface area contributed by atoms with Crippen LogP contribution in [0.25, 0.3) is 20.9 Å². The predicted octanol–water partition coefficient (Wildman–Crippen LogP) is 1.89. The Labute approximate surface area is 136 Å². The first-order valence-corrected chi connectivity index (χ1v) is 7.61. The molecule has 116 valence electrons. The second kappa shape index (κ2) is 6.01. The number of hydrogen-bond donors (Lipinski definition) is 3. The summed E-state index contributed by atoms with van der Waals surface area (Å²) < 4.78 is 0. The summed E-state index contributed by atoms with van der Waals surface area (Å²) in [6.45, 7) is 1.94. The maximum absolute atomic E-state index is 5.66. The zero-order valence-electron chi connectivity index (χ0n) is 12.4. The van der Waals surface area contributed by atoms with Gasteiger partial charge < -0.3 is 17.2 Å². The van der Waals surface area contributed by atoms with Crippen molar-refractivity contribution in [2.24, 2.45) is 27.2 Å². The number of pyridine rings is 1. The van der Waals surface area contributed by atoms with Crippen LogP contribution in [-0.2, 0) is 0 Å². The van der Waals surface area contributed by atoms with E-state index in [4.69, 9.17) is 17.2 Å². The zero-order chi connectivity index (χ0) is 16.4. The van der Waals surface area contributed by atoms with Crippen molar-refractivity contribution in [2.75, 3.05) is 0 Å². The van der Waals surface area contributed by atoms with E-state index in [0.29, 0.717) is 5.69 Å². The molecule has 0 atom stereocenters. The molecule has 3 rings (SSSR count). The molecule has 2 aromatic heterocycles. The number of rotatable bonds is 2. The number of guanidine groups is 2. The first-order chi connectivity index (χ1) is 11.0. The molecule has 0 aliphatic heterocycles. The van der Waals surface area contributed by atoms with Crippen molar-refractivity contribution in [3.05, 3.63) is 42.1 Å². The highest BCUT2D eigenvalue weighted by Gasteiger charge is 2.08. The number of benzene rings is 1. The maximum Gasteiger partial charge on any atom is 0.223 e. The molecular weight excluding hydrogens is 310 g/mol. The van der Waals surface area contributed by atoms with Crippen LogP contribution in [0.3, 0.4) is 0 Å². The van der Waals surface area contributed by atoms with Gasteiger partial charge in [-0.2, -0.15) is 4.99 Å². The van der Waals surface area contributed by atoms with Gasteiger partial charge in [-0.15, -0.1) is 0 Å². The average Bonchev–Trinajstić information content (AvgIpc) is 2.92. The first kappa shape index (κ1) is 14.9. The largest absolute Gasteiger partial charge is 0.370 e. The monoisotopic (exact) mass is 325 g/mol. The van der Waals surface area contributed by atoms with E-state index in [9.17, 15) is 0 Å². The summed E-state index contributed by atoms with van der Waals surface area (Å²) in [6.07, 6.45) is 1.76. The van der Waals surface area contributed by atoms with Crippen LogP contribution in [0.1, 0.15) is 5.56 Å². The quantitative estimate of drug-likeness (QED) is 0.489. The Balaban J connectivity index is 1.97. The molecule has 0 bridgehead atoms. The van der Waals surface area contributed by atoms with E-state index in [-0.39, 0.29) is 11.9 Å². The molecule has 0 saturated carbocycles. The fourth-order valence-electron chi connectivity index (χ4n) is 2.09. The molecule has 0 aliphatic carbocycles. The number of thiazole rings is 1. The van der Waals surface area contributed by atoms with Gasteiger partial charge in [0, 0.05) is 11.8 Å². The van der Waals surface area contributed by atoms with Crippen LogP contribution in [0.5, 0.6) is 0 Å². The predicted molar refractivity (Wildman–Crippen MR) is 94.7 cm³/mol. The van der Waals surface area contributed by atoms with Crippen LogP contribution in [0.2, 0.25) is 0 Å². The Kier molecular flexibility index (Phi) is 3.90. The highest BCUT2D eigenvalue weighted by Crippen LogP contribution is 2.31. The molecule has 0 amide bonds. The van der Waals surface area contributed by atoms with Crippen molar-refractivity contribution < 1.29 is 0 Å². The summed E-state index contributed by atoms with van der Waals surface area (Å²) in [4.78, 5) is 17.7. The average molecular weight is 325 g/mol. The van der Waals surface area contributed by atoms with Crippen molar-refractivity contribution in [1.29, 1.82) is 0 Å². The first-order valence-electron chi connectivity index (χ1n) is 6.79. The smallest absolute Gasteiger partial charge is 0.223 e. The van der Waals surface area contributed by atoms with Crippen molar-refractivity contribution in [1.82, 2.24) is 9.97 Å². The third-order valence-corrected chi connectivity index (χ3v) is 4.12. The van der Waals surface area contributed by atoms with E-state index in [1.165, 1.54) is 0 Å². The number of nitrogens with two attached hydrogens (primary N) is 3. The van der Waals surface area contributed by atoms with Gasteiger partial charge in [-0.25, -0.2) is 15.0 Å². The van der Waals surface area contributed by atoms with Crippen LogP contribution in [0.4, 0.5) is 5.69 Å². The lowest BCUT2D eigenvalue weighted by molar-refractivity contribution is 1.34. The fraction of sp³-hybridized carbons (Fsp3) is 0.0667. The molecular formula is C15H15N7S. The molecule has 2 heterocycles. The molecule has 0 aliphatic rings. The van der Waals surface area contributed by atoms with E-state index in [0.717, 1.165) is 26.5 Å². The molecule has 0 unspecified atom stereocenters. The van der Waals surface area contributed by atoms with Crippen LogP contribution < -0.4 is 17.2 Å². The van der Waals surface area contributed by atoms with Crippen LogP contribution >= 0.6 is 11.3 Å². The topological polar surface area (TPSA) is 129 Å². The van der Waals surface area contributed by atoms with Gasteiger partial charge in [-0.3, -0.25) is 0 Å². The summed E-state index contributed by atoms with van der Waals surface area (Å²) >= 11 is 1.55. The maximum atomic E-state index is 5.66. The lowest BCUT2D eigenvalue weighted by Gasteiger charge is -2.03. The van der Waals surface area contributed by atoms with E-state index >= 15 is 0 Å². The van der Waals surface area contributed by atoms with Gasteiger partial charge >= 0.3 is 0 Å². The Morgan fingerprint density at radius 2 is 2.00 bits per heavy atom. The minimum atomic E-state index is -0.123. The fourth-order valence-corrected chi connectivity index (χ4v) is 2.99. The SMILES string of the molecule is Cc1cc(-c2nc3cccnc3s2)ccc1N=C(N)N=C(N)N. The summed E-state index contributed by atoms with van der Waals surface area (Å²) in [5.41, 5.74) is 19.8. The molecule has 3 aromatic rings. The summed E-state index contributed by atoms with van der Waals surface area (Å²) in [7, 11) is 0. The Morgan fingerprint density at radius 1 is 1.17 bits per heavy atom. The molecule has 8 heteroatoms. The minimum absolute atomic E-state index is 0.0186. The highest BCUT2D eigenvalue weighted by molar-refractivity contribution is 7.21. The number of hydrogen-bond acceptors (Lipinski definition) is 4. The van der Waals surface area contributed by atoms with E-state index in [1.807, 2.05) is 37.3 Å². The molecule has 0 saturated heterocycles. The van der Waals surface area contributed by atoms with Crippen molar-refractivity contribution in [2.45, 2.75) is 6.92 Å². The van der Waals surface area contributed by atoms with Crippen molar-refractivity contribution in [3.63, 3.8) is 0 Å². The normalized spacial score (nSPS) is 11.6. The number of fused-ring (bicyclic) bond motifs is 1. The van der Waals surface area contributed by atoms with E-state index < -0.39 is 0 Å². The van der Waals surface area contributed by atoms with Gasteiger partial charge in [0.2, 0.25) is 5.96 Å². The lowest BCUT2D eigenvalue weighted by atomic mass is 10.1. The molecule has 7 nitrogen and oxygen atoms in total. The third-order valence-electron chi connectivity index (χ3n) is 3.09. The molecule has 0 spiro atoms. The highest BCUT2D eigenvalue weighted by atomic mass is 32.1. The van der Waals surface area contributed by atoms with Crippen LogP contribution in [0.15, 0.2) is 46.5 Å². The summed E-state index contributed by atoms with van der Waals surface area (Å²) in [6, 6.07) is 9.62. The van der Waals surface area contributed by atoms with Gasteiger partial charge in [0.1, 0.15) is 15.4 Å². The Hall–Kier alpha value is -3.00. The van der Waals surface area contributed by atoms with Crippen molar-refractivity contribution >= 4 is 39.3 Å². The summed E-state index contributed by atoms with van der Waals surface area (Å²) in [5, 5.41) is 0.912. The van der Waals surface area contributed by atoms with E-state index in [2.05, 4.69) is 20.0 Å².